The molecule has 0 aromatic carbocycles. The summed E-state index contributed by atoms with van der Waals surface area (Å²) < 4.78 is 0. The lowest BCUT2D eigenvalue weighted by molar-refractivity contribution is 0.333. The van der Waals surface area contributed by atoms with Gasteiger partial charge in [-0.25, -0.2) is 0 Å². The Kier molecular flexibility index (Phi) is 1.39. The van der Waals surface area contributed by atoms with Crippen LogP contribution in [0.4, 0.5) is 0 Å². The van der Waals surface area contributed by atoms with Gasteiger partial charge in [-0.1, -0.05) is 0 Å². The van der Waals surface area contributed by atoms with E-state index in [-0.39, 0.29) is 0 Å². The molecule has 0 bridgehead atoms. The average Bonchev–Trinajstić information content (AvgIpc) is 1.98. The summed E-state index contributed by atoms with van der Waals surface area (Å²) in [5.41, 5.74) is 2.65. The Morgan fingerprint density at radius 2 is 2.00 bits per heavy atom. The van der Waals surface area contributed by atoms with Crippen molar-refractivity contribution in [1.29, 1.82) is 0 Å². The third kappa shape index (κ3) is 0.889. The molecule has 1 atom stereocenters. The van der Waals surface area contributed by atoms with Crippen LogP contribution in [0.15, 0.2) is 11.4 Å². The Bertz CT molecular complexity index is 149. The second-order valence-electron chi connectivity index (χ2n) is 2.64. The minimum Gasteiger partial charge on any atom is -0.368 e. The van der Waals surface area contributed by atoms with Crippen molar-refractivity contribution in [2.75, 3.05) is 7.05 Å². The summed E-state index contributed by atoms with van der Waals surface area (Å²) in [6, 6.07) is 0. The fourth-order valence-electron chi connectivity index (χ4n) is 1.07. The number of nitrogens with one attached hydrogen (secondary N) is 1. The number of nitrogens with zero attached hydrogens (tertiary/aromatic N) is 1. The summed E-state index contributed by atoms with van der Waals surface area (Å²) in [4.78, 5) is 2.23. The molecule has 0 fully saturated rings. The summed E-state index contributed by atoms with van der Waals surface area (Å²) in [7, 11) is 2.10. The molecule has 1 N–H and O–H groups in total. The standard InChI is InChI=1S/C7H14N2/c1-5-6(2)9(4)7(3)8-5/h7-8H,1-4H3. The van der Waals surface area contributed by atoms with E-state index >= 15 is 0 Å². The van der Waals surface area contributed by atoms with Crippen molar-refractivity contribution in [3.05, 3.63) is 11.4 Å². The molecular weight excluding hydrogens is 112 g/mol. The van der Waals surface area contributed by atoms with Gasteiger partial charge in [0.1, 0.15) is 0 Å². The van der Waals surface area contributed by atoms with Gasteiger partial charge in [0.05, 0.1) is 6.17 Å². The second kappa shape index (κ2) is 1.94. The number of allylic oxidation sites excluding steroid dienone is 2. The minimum absolute atomic E-state index is 0.477. The van der Waals surface area contributed by atoms with Crippen molar-refractivity contribution in [3.8, 4) is 0 Å². The zero-order valence-corrected chi connectivity index (χ0v) is 6.52. The summed E-state index contributed by atoms with van der Waals surface area (Å²) in [5.74, 6) is 0. The SMILES string of the molecule is CC1=C(C)N(C)C(C)N1. The van der Waals surface area contributed by atoms with Crippen LogP contribution in [-0.2, 0) is 0 Å². The van der Waals surface area contributed by atoms with Crippen molar-refractivity contribution in [3.63, 3.8) is 0 Å². The Morgan fingerprint density at radius 3 is 2.11 bits per heavy atom. The minimum atomic E-state index is 0.477. The first kappa shape index (κ1) is 6.46. The first-order valence-corrected chi connectivity index (χ1v) is 3.30. The highest BCUT2D eigenvalue weighted by Crippen LogP contribution is 2.15. The van der Waals surface area contributed by atoms with Crippen molar-refractivity contribution in [2.24, 2.45) is 0 Å². The summed E-state index contributed by atoms with van der Waals surface area (Å²) >= 11 is 0. The molecule has 0 aromatic heterocycles. The maximum atomic E-state index is 3.32. The Hall–Kier alpha value is -0.660. The number of rotatable bonds is 0. The molecule has 2 heteroatoms. The van der Waals surface area contributed by atoms with E-state index in [1.165, 1.54) is 11.4 Å². The van der Waals surface area contributed by atoms with Crippen LogP contribution in [-0.4, -0.2) is 18.1 Å². The van der Waals surface area contributed by atoms with Crippen LogP contribution < -0.4 is 5.32 Å². The first-order valence-electron chi connectivity index (χ1n) is 3.30. The van der Waals surface area contributed by atoms with E-state index in [1.807, 2.05) is 0 Å². The monoisotopic (exact) mass is 126 g/mol. The molecule has 0 radical (unpaired) electrons. The largest absolute Gasteiger partial charge is 0.368 e. The van der Waals surface area contributed by atoms with E-state index in [9.17, 15) is 0 Å². The van der Waals surface area contributed by atoms with Crippen molar-refractivity contribution >= 4 is 0 Å². The van der Waals surface area contributed by atoms with Crippen LogP contribution in [0.2, 0.25) is 0 Å². The van der Waals surface area contributed by atoms with Gasteiger partial charge in [-0.2, -0.15) is 0 Å². The highest BCUT2D eigenvalue weighted by molar-refractivity contribution is 5.13. The van der Waals surface area contributed by atoms with Gasteiger partial charge in [0.2, 0.25) is 0 Å². The van der Waals surface area contributed by atoms with Gasteiger partial charge in [0.15, 0.2) is 0 Å². The molecule has 9 heavy (non-hydrogen) atoms. The van der Waals surface area contributed by atoms with Gasteiger partial charge in [-0.3, -0.25) is 0 Å². The van der Waals surface area contributed by atoms with Crippen molar-refractivity contribution in [2.45, 2.75) is 26.9 Å². The molecule has 0 amide bonds. The predicted octanol–water partition coefficient (Wildman–Crippen LogP) is 1.12. The van der Waals surface area contributed by atoms with E-state index in [2.05, 4.69) is 38.0 Å². The topological polar surface area (TPSA) is 15.3 Å². The zero-order valence-electron chi connectivity index (χ0n) is 6.52. The summed E-state index contributed by atoms with van der Waals surface area (Å²) in [5, 5.41) is 3.32. The molecule has 1 heterocycles. The predicted molar refractivity (Wildman–Crippen MR) is 38.7 cm³/mol. The lowest BCUT2D eigenvalue weighted by Crippen LogP contribution is -2.30. The first-order chi connectivity index (χ1) is 4.13. The van der Waals surface area contributed by atoms with Crippen LogP contribution in [0.3, 0.4) is 0 Å². The summed E-state index contributed by atoms with van der Waals surface area (Å²) in [6.45, 7) is 6.39. The van der Waals surface area contributed by atoms with E-state index < -0.39 is 0 Å². The van der Waals surface area contributed by atoms with Gasteiger partial charge < -0.3 is 10.2 Å². The Labute approximate surface area is 56.5 Å². The van der Waals surface area contributed by atoms with E-state index in [0.29, 0.717) is 6.17 Å². The Balaban J connectivity index is 2.74. The van der Waals surface area contributed by atoms with Gasteiger partial charge in [-0.05, 0) is 20.8 Å². The average molecular weight is 126 g/mol. The molecule has 0 aliphatic carbocycles. The highest BCUT2D eigenvalue weighted by atomic mass is 15.3. The zero-order chi connectivity index (χ0) is 7.02. The lowest BCUT2D eigenvalue weighted by atomic mass is 10.4. The van der Waals surface area contributed by atoms with E-state index in [0.717, 1.165) is 0 Å². The molecule has 1 aliphatic rings. The third-order valence-electron chi connectivity index (χ3n) is 2.08. The smallest absolute Gasteiger partial charge is 0.0953 e. The van der Waals surface area contributed by atoms with Crippen molar-refractivity contribution < 1.29 is 0 Å². The second-order valence-corrected chi connectivity index (χ2v) is 2.64. The van der Waals surface area contributed by atoms with E-state index in [1.54, 1.807) is 0 Å². The van der Waals surface area contributed by atoms with Crippen LogP contribution in [0.25, 0.3) is 0 Å². The fourth-order valence-corrected chi connectivity index (χ4v) is 1.07. The van der Waals surface area contributed by atoms with Gasteiger partial charge in [-0.15, -0.1) is 0 Å². The molecule has 0 spiro atoms. The third-order valence-corrected chi connectivity index (χ3v) is 2.08. The van der Waals surface area contributed by atoms with Gasteiger partial charge >= 0.3 is 0 Å². The molecule has 1 rings (SSSR count). The molecule has 1 aliphatic heterocycles. The van der Waals surface area contributed by atoms with Crippen LogP contribution >= 0.6 is 0 Å². The molecule has 0 saturated heterocycles. The number of hydrogen-bond acceptors (Lipinski definition) is 2. The quantitative estimate of drug-likeness (QED) is 0.523. The van der Waals surface area contributed by atoms with Gasteiger partial charge in [0.25, 0.3) is 0 Å². The normalized spacial score (nSPS) is 27.1. The Morgan fingerprint density at radius 1 is 1.44 bits per heavy atom. The number of hydrogen-bond donors (Lipinski definition) is 1. The maximum absolute atomic E-state index is 3.32. The summed E-state index contributed by atoms with van der Waals surface area (Å²) in [6.07, 6.45) is 0.477. The van der Waals surface area contributed by atoms with E-state index in [4.69, 9.17) is 0 Å². The highest BCUT2D eigenvalue weighted by Gasteiger charge is 2.17. The van der Waals surface area contributed by atoms with Crippen LogP contribution in [0, 0.1) is 0 Å². The fraction of sp³-hybridized carbons (Fsp3) is 0.714. The molecular formula is C7H14N2. The maximum Gasteiger partial charge on any atom is 0.0953 e. The molecule has 2 nitrogen and oxygen atoms in total. The molecule has 1 unspecified atom stereocenters. The van der Waals surface area contributed by atoms with Gasteiger partial charge in [0, 0.05) is 18.4 Å². The molecule has 0 aromatic rings. The van der Waals surface area contributed by atoms with Crippen LogP contribution in [0.5, 0.6) is 0 Å². The lowest BCUT2D eigenvalue weighted by Gasteiger charge is -2.18. The molecule has 0 saturated carbocycles. The molecule has 52 valence electrons. The van der Waals surface area contributed by atoms with Crippen molar-refractivity contribution in [1.82, 2.24) is 10.2 Å². The van der Waals surface area contributed by atoms with Crippen LogP contribution in [0.1, 0.15) is 20.8 Å².